The van der Waals surface area contributed by atoms with Gasteiger partial charge in [0.2, 0.25) is 5.91 Å². The van der Waals surface area contributed by atoms with Gasteiger partial charge in [-0.15, -0.1) is 0 Å². The van der Waals surface area contributed by atoms with Crippen LogP contribution in [0.25, 0.3) is 5.69 Å². The van der Waals surface area contributed by atoms with Gasteiger partial charge < -0.3 is 23.7 Å². The van der Waals surface area contributed by atoms with Gasteiger partial charge >= 0.3 is 0 Å². The molecule has 208 valence electrons. The first kappa shape index (κ1) is 28.8. The molecule has 1 amide bonds. The molecule has 4 rings (SSSR count). The summed E-state index contributed by atoms with van der Waals surface area (Å²) in [6.45, 7) is 0.281. The number of rotatable bonds is 13. The Bertz CT molecular complexity index is 1460. The first-order valence-electron chi connectivity index (χ1n) is 12.5. The average molecular weight is 566 g/mol. The van der Waals surface area contributed by atoms with Gasteiger partial charge in [-0.3, -0.25) is 9.59 Å². The normalized spacial score (nSPS) is 10.8. The molecule has 0 spiro atoms. The van der Waals surface area contributed by atoms with E-state index in [2.05, 4.69) is 4.98 Å². The molecule has 0 aliphatic carbocycles. The third-order valence-electron chi connectivity index (χ3n) is 6.16. The van der Waals surface area contributed by atoms with Crippen molar-refractivity contribution >= 4 is 23.3 Å². The Morgan fingerprint density at radius 1 is 1.00 bits per heavy atom. The number of hydrogen-bond donors (Lipinski definition) is 0. The van der Waals surface area contributed by atoms with Crippen LogP contribution in [0.4, 0.5) is 4.39 Å². The lowest BCUT2D eigenvalue weighted by Crippen LogP contribution is -2.33. The number of hydrogen-bond acceptors (Lipinski definition) is 6. The van der Waals surface area contributed by atoms with Gasteiger partial charge in [0.25, 0.3) is 0 Å². The SMILES string of the molecule is COc1ccc(CN(Cc2nccn2-c2ccc(F)c(Cl)c2)C(=O)CC(=O)COCc2ccccc2)c(OC)c1. The van der Waals surface area contributed by atoms with Crippen LogP contribution >= 0.6 is 11.6 Å². The zero-order valence-corrected chi connectivity index (χ0v) is 22.9. The summed E-state index contributed by atoms with van der Waals surface area (Å²) >= 11 is 6.00. The molecule has 4 aromatic rings. The summed E-state index contributed by atoms with van der Waals surface area (Å²) < 4.78 is 31.8. The molecule has 0 aliphatic rings. The van der Waals surface area contributed by atoms with Crippen molar-refractivity contribution in [2.45, 2.75) is 26.1 Å². The van der Waals surface area contributed by atoms with Crippen molar-refractivity contribution in [3.05, 3.63) is 107 Å². The second-order valence-electron chi connectivity index (χ2n) is 8.93. The highest BCUT2D eigenvalue weighted by atomic mass is 35.5. The Hall–Kier alpha value is -4.21. The highest BCUT2D eigenvalue weighted by molar-refractivity contribution is 6.30. The number of carbonyl (C=O) groups excluding carboxylic acids is 2. The van der Waals surface area contributed by atoms with E-state index in [0.717, 1.165) is 5.56 Å². The van der Waals surface area contributed by atoms with E-state index in [1.807, 2.05) is 30.3 Å². The molecule has 8 nitrogen and oxygen atoms in total. The molecule has 40 heavy (non-hydrogen) atoms. The fourth-order valence-corrected chi connectivity index (χ4v) is 4.28. The van der Waals surface area contributed by atoms with E-state index >= 15 is 0 Å². The molecule has 0 fully saturated rings. The van der Waals surface area contributed by atoms with Gasteiger partial charge in [0, 0.05) is 36.3 Å². The molecule has 0 aliphatic heterocycles. The molecule has 0 saturated heterocycles. The summed E-state index contributed by atoms with van der Waals surface area (Å²) in [5.41, 5.74) is 2.23. The molecule has 0 N–H and O–H groups in total. The maximum Gasteiger partial charge on any atom is 0.230 e. The number of benzene rings is 3. The van der Waals surface area contributed by atoms with Crippen LogP contribution in [0.5, 0.6) is 11.5 Å². The van der Waals surface area contributed by atoms with Crippen LogP contribution < -0.4 is 9.47 Å². The Labute approximate surface area is 236 Å². The number of amides is 1. The Morgan fingerprint density at radius 2 is 1.80 bits per heavy atom. The molecule has 0 radical (unpaired) electrons. The summed E-state index contributed by atoms with van der Waals surface area (Å²) in [5.74, 6) is 0.343. The molecule has 0 atom stereocenters. The smallest absolute Gasteiger partial charge is 0.230 e. The van der Waals surface area contributed by atoms with E-state index in [0.29, 0.717) is 28.6 Å². The van der Waals surface area contributed by atoms with Crippen molar-refractivity contribution in [2.75, 3.05) is 20.8 Å². The van der Waals surface area contributed by atoms with Crippen LogP contribution in [0.2, 0.25) is 5.02 Å². The summed E-state index contributed by atoms with van der Waals surface area (Å²) in [4.78, 5) is 32.1. The highest BCUT2D eigenvalue weighted by Gasteiger charge is 2.22. The fourth-order valence-electron chi connectivity index (χ4n) is 4.10. The minimum Gasteiger partial charge on any atom is -0.497 e. The number of halogens is 2. The lowest BCUT2D eigenvalue weighted by Gasteiger charge is -2.24. The van der Waals surface area contributed by atoms with E-state index in [9.17, 15) is 14.0 Å². The minimum absolute atomic E-state index is 0.0332. The number of carbonyl (C=O) groups is 2. The van der Waals surface area contributed by atoms with Gasteiger partial charge in [0.1, 0.15) is 29.7 Å². The van der Waals surface area contributed by atoms with Crippen molar-refractivity contribution in [1.82, 2.24) is 14.5 Å². The van der Waals surface area contributed by atoms with E-state index < -0.39 is 11.7 Å². The quantitative estimate of drug-likeness (QED) is 0.202. The van der Waals surface area contributed by atoms with E-state index in [1.54, 1.807) is 48.3 Å². The molecule has 0 saturated carbocycles. The third-order valence-corrected chi connectivity index (χ3v) is 6.45. The second-order valence-corrected chi connectivity index (χ2v) is 9.34. The standard InChI is InChI=1S/C30H29ClFN3O5/c1-38-25-10-8-22(28(16-25)39-2)17-34(30(37)15-24(36)20-40-19-21-6-4-3-5-7-21)18-29-33-12-13-35(29)23-9-11-27(32)26(31)14-23/h3-14,16H,15,17-20H2,1-2H3. The molecule has 3 aromatic carbocycles. The van der Waals surface area contributed by atoms with Crippen molar-refractivity contribution in [3.8, 4) is 17.2 Å². The lowest BCUT2D eigenvalue weighted by molar-refractivity contribution is -0.138. The van der Waals surface area contributed by atoms with Gasteiger partial charge in [0.05, 0.1) is 38.8 Å². The number of ether oxygens (including phenoxy) is 3. The van der Waals surface area contributed by atoms with Crippen LogP contribution in [-0.2, 0) is 34.0 Å². The van der Waals surface area contributed by atoms with Crippen molar-refractivity contribution in [3.63, 3.8) is 0 Å². The number of Topliss-reactive ketones (excluding diaryl/α,β-unsaturated/α-hetero) is 1. The number of methoxy groups -OCH3 is 2. The first-order chi connectivity index (χ1) is 19.4. The third kappa shape index (κ3) is 7.46. The van der Waals surface area contributed by atoms with Crippen molar-refractivity contribution < 1.29 is 28.2 Å². The number of imidazole rings is 1. The summed E-state index contributed by atoms with van der Waals surface area (Å²) in [6.07, 6.45) is 2.92. The zero-order valence-electron chi connectivity index (χ0n) is 22.2. The molecule has 0 bridgehead atoms. The lowest BCUT2D eigenvalue weighted by atomic mass is 10.1. The van der Waals surface area contributed by atoms with Crippen LogP contribution in [-0.4, -0.2) is 47.0 Å². The zero-order chi connectivity index (χ0) is 28.5. The van der Waals surface area contributed by atoms with Gasteiger partial charge in [-0.05, 0) is 35.9 Å². The summed E-state index contributed by atoms with van der Waals surface area (Å²) in [7, 11) is 3.08. The number of aromatic nitrogens is 2. The maximum atomic E-state index is 13.8. The van der Waals surface area contributed by atoms with E-state index in [-0.39, 0.29) is 43.5 Å². The topological polar surface area (TPSA) is 82.9 Å². The van der Waals surface area contributed by atoms with Crippen LogP contribution in [0, 0.1) is 5.82 Å². The number of nitrogens with zero attached hydrogens (tertiary/aromatic N) is 3. The largest absolute Gasteiger partial charge is 0.497 e. The van der Waals surface area contributed by atoms with Crippen molar-refractivity contribution in [2.24, 2.45) is 0 Å². The number of ketones is 1. The Morgan fingerprint density at radius 3 is 2.52 bits per heavy atom. The molecular formula is C30H29ClFN3O5. The Balaban J connectivity index is 1.53. The van der Waals surface area contributed by atoms with Gasteiger partial charge in [0.15, 0.2) is 5.78 Å². The predicted octanol–water partition coefficient (Wildman–Crippen LogP) is 5.39. The highest BCUT2D eigenvalue weighted by Crippen LogP contribution is 2.27. The maximum absolute atomic E-state index is 13.8. The molecular weight excluding hydrogens is 537 g/mol. The average Bonchev–Trinajstić information content (AvgIpc) is 3.43. The van der Waals surface area contributed by atoms with Gasteiger partial charge in [-0.2, -0.15) is 0 Å². The monoisotopic (exact) mass is 565 g/mol. The minimum atomic E-state index is -0.538. The predicted molar refractivity (Wildman–Crippen MR) is 148 cm³/mol. The summed E-state index contributed by atoms with van der Waals surface area (Å²) in [6, 6.07) is 19.1. The van der Waals surface area contributed by atoms with Crippen molar-refractivity contribution in [1.29, 1.82) is 0 Å². The van der Waals surface area contributed by atoms with Gasteiger partial charge in [-0.25, -0.2) is 9.37 Å². The van der Waals surface area contributed by atoms with Gasteiger partial charge in [-0.1, -0.05) is 41.9 Å². The second kappa shape index (κ2) is 13.7. The van der Waals surface area contributed by atoms with E-state index in [4.69, 9.17) is 25.8 Å². The molecule has 1 heterocycles. The molecule has 0 unspecified atom stereocenters. The fraction of sp³-hybridized carbons (Fsp3) is 0.233. The summed E-state index contributed by atoms with van der Waals surface area (Å²) in [5, 5.41) is -0.0332. The van der Waals surface area contributed by atoms with Crippen LogP contribution in [0.1, 0.15) is 23.4 Å². The first-order valence-corrected chi connectivity index (χ1v) is 12.9. The van der Waals surface area contributed by atoms with Crippen LogP contribution in [0.15, 0.2) is 79.1 Å². The Kier molecular flexibility index (Phi) is 9.88. The molecule has 1 aromatic heterocycles. The molecule has 10 heteroatoms. The van der Waals surface area contributed by atoms with E-state index in [1.165, 1.54) is 24.1 Å². The van der Waals surface area contributed by atoms with Crippen LogP contribution in [0.3, 0.4) is 0 Å².